The smallest absolute Gasteiger partial charge is 0.273 e. The minimum Gasteiger partial charge on any atom is -0.322 e. The molecule has 0 saturated carbocycles. The van der Waals surface area contributed by atoms with Gasteiger partial charge in [-0.3, -0.25) is 9.89 Å². The van der Waals surface area contributed by atoms with Gasteiger partial charge in [-0.15, -0.1) is 0 Å². The van der Waals surface area contributed by atoms with Crippen molar-refractivity contribution in [3.05, 3.63) is 112 Å². The third kappa shape index (κ3) is 3.42. The monoisotopic (exact) mass is 411 g/mol. The summed E-state index contributed by atoms with van der Waals surface area (Å²) in [6.45, 7) is 4.49. The number of aromatic nitrogens is 2. The molecule has 31 heavy (non-hydrogen) atoms. The average molecular weight is 411 g/mol. The maximum Gasteiger partial charge on any atom is 0.273 e. The van der Waals surface area contributed by atoms with E-state index in [9.17, 15) is 9.18 Å². The number of aryl methyl sites for hydroxylation is 2. The first-order valence-electron chi connectivity index (χ1n) is 10.3. The average Bonchev–Trinajstić information content (AvgIpc) is 3.30. The Bertz CT molecular complexity index is 1260. The predicted octanol–water partition coefficient (Wildman–Crippen LogP) is 5.58. The van der Waals surface area contributed by atoms with Crippen LogP contribution in [0.5, 0.6) is 0 Å². The first-order chi connectivity index (χ1) is 15.0. The summed E-state index contributed by atoms with van der Waals surface area (Å²) in [7, 11) is 0. The van der Waals surface area contributed by atoms with E-state index in [4.69, 9.17) is 0 Å². The lowest BCUT2D eigenvalue weighted by Crippen LogP contribution is -2.29. The number of hydrogen-bond acceptors (Lipinski definition) is 2. The van der Waals surface area contributed by atoms with Crippen LogP contribution in [-0.2, 0) is 6.54 Å². The van der Waals surface area contributed by atoms with Crippen LogP contribution in [0.4, 0.5) is 4.39 Å². The highest BCUT2D eigenvalue weighted by Gasteiger charge is 2.42. The fourth-order valence-electron chi connectivity index (χ4n) is 4.20. The van der Waals surface area contributed by atoms with E-state index in [0.29, 0.717) is 12.2 Å². The summed E-state index contributed by atoms with van der Waals surface area (Å²) in [6.07, 6.45) is 0. The number of amides is 1. The summed E-state index contributed by atoms with van der Waals surface area (Å²) in [6, 6.07) is 22.2. The van der Waals surface area contributed by atoms with Crippen LogP contribution in [0.3, 0.4) is 0 Å². The van der Waals surface area contributed by atoms with Crippen LogP contribution < -0.4 is 0 Å². The number of fused-ring (bicyclic) bond motifs is 1. The van der Waals surface area contributed by atoms with E-state index in [2.05, 4.69) is 10.2 Å². The quantitative estimate of drug-likeness (QED) is 0.477. The molecular weight excluding hydrogens is 389 g/mol. The number of hydrogen-bond donors (Lipinski definition) is 1. The van der Waals surface area contributed by atoms with Crippen molar-refractivity contribution in [3.8, 4) is 11.3 Å². The molecule has 2 heterocycles. The third-order valence-corrected chi connectivity index (χ3v) is 5.83. The molecule has 0 spiro atoms. The first kappa shape index (κ1) is 19.2. The van der Waals surface area contributed by atoms with Crippen LogP contribution in [0, 0.1) is 19.7 Å². The van der Waals surface area contributed by atoms with Crippen LogP contribution in [0.25, 0.3) is 11.3 Å². The SMILES string of the molecule is Cc1ccc(CN2C(=O)c3[nH]nc(-c4ccc(C)cc4)c3C2c2cccc(F)c2)cc1. The molecule has 1 aliphatic heterocycles. The maximum atomic E-state index is 14.2. The van der Waals surface area contributed by atoms with Gasteiger partial charge in [0, 0.05) is 17.7 Å². The van der Waals surface area contributed by atoms with E-state index < -0.39 is 6.04 Å². The fraction of sp³-hybridized carbons (Fsp3) is 0.154. The van der Waals surface area contributed by atoms with Crippen molar-refractivity contribution in [1.29, 1.82) is 0 Å². The number of benzene rings is 3. The van der Waals surface area contributed by atoms with Crippen LogP contribution >= 0.6 is 0 Å². The van der Waals surface area contributed by atoms with Crippen molar-refractivity contribution in [2.75, 3.05) is 0 Å². The number of rotatable bonds is 4. The predicted molar refractivity (Wildman–Crippen MR) is 118 cm³/mol. The number of halogens is 1. The summed E-state index contributed by atoms with van der Waals surface area (Å²) in [5, 5.41) is 7.43. The Hall–Kier alpha value is -3.73. The molecule has 5 rings (SSSR count). The van der Waals surface area contributed by atoms with Gasteiger partial charge in [-0.25, -0.2) is 4.39 Å². The summed E-state index contributed by atoms with van der Waals surface area (Å²) >= 11 is 0. The molecule has 1 N–H and O–H groups in total. The molecule has 0 fully saturated rings. The van der Waals surface area contributed by atoms with Gasteiger partial charge in [0.15, 0.2) is 0 Å². The van der Waals surface area contributed by atoms with Gasteiger partial charge in [0.05, 0.1) is 11.7 Å². The largest absolute Gasteiger partial charge is 0.322 e. The highest BCUT2D eigenvalue weighted by molar-refractivity contribution is 6.00. The Kier molecular flexibility index (Phi) is 4.66. The second-order valence-corrected chi connectivity index (χ2v) is 8.10. The molecule has 0 radical (unpaired) electrons. The Morgan fingerprint density at radius 2 is 1.65 bits per heavy atom. The minimum absolute atomic E-state index is 0.129. The summed E-state index contributed by atoms with van der Waals surface area (Å²) in [5.74, 6) is -0.454. The molecule has 3 aromatic carbocycles. The van der Waals surface area contributed by atoms with Gasteiger partial charge in [0.25, 0.3) is 5.91 Å². The van der Waals surface area contributed by atoms with Crippen molar-refractivity contribution in [2.24, 2.45) is 0 Å². The van der Waals surface area contributed by atoms with Crippen LogP contribution in [-0.4, -0.2) is 21.0 Å². The number of aromatic amines is 1. The number of carbonyl (C=O) groups excluding carboxylic acids is 1. The Morgan fingerprint density at radius 3 is 2.32 bits per heavy atom. The van der Waals surface area contributed by atoms with E-state index in [-0.39, 0.29) is 11.7 Å². The summed E-state index contributed by atoms with van der Waals surface area (Å²) in [4.78, 5) is 15.2. The van der Waals surface area contributed by atoms with Crippen molar-refractivity contribution in [1.82, 2.24) is 15.1 Å². The number of H-pyrrole nitrogens is 1. The van der Waals surface area contributed by atoms with Crippen molar-refractivity contribution in [2.45, 2.75) is 26.4 Å². The lowest BCUT2D eigenvalue weighted by molar-refractivity contribution is 0.0730. The zero-order valence-corrected chi connectivity index (χ0v) is 17.4. The van der Waals surface area contributed by atoms with Crippen LogP contribution in [0.2, 0.25) is 0 Å². The Morgan fingerprint density at radius 1 is 0.968 bits per heavy atom. The second kappa shape index (κ2) is 7.51. The Balaban J connectivity index is 1.64. The first-order valence-corrected chi connectivity index (χ1v) is 10.3. The number of nitrogens with zero attached hydrogens (tertiary/aromatic N) is 2. The molecule has 154 valence electrons. The van der Waals surface area contributed by atoms with E-state index >= 15 is 0 Å². The van der Waals surface area contributed by atoms with Crippen molar-refractivity contribution in [3.63, 3.8) is 0 Å². The molecule has 4 aromatic rings. The van der Waals surface area contributed by atoms with E-state index in [1.807, 2.05) is 68.4 Å². The van der Waals surface area contributed by atoms with Crippen molar-refractivity contribution < 1.29 is 9.18 Å². The van der Waals surface area contributed by atoms with Gasteiger partial charge < -0.3 is 4.90 Å². The minimum atomic E-state index is -0.422. The molecule has 0 aliphatic carbocycles. The highest BCUT2D eigenvalue weighted by atomic mass is 19.1. The summed E-state index contributed by atoms with van der Waals surface area (Å²) in [5.41, 5.74) is 6.98. The Labute approximate surface area is 180 Å². The molecule has 0 saturated heterocycles. The normalized spacial score (nSPS) is 15.4. The second-order valence-electron chi connectivity index (χ2n) is 8.10. The van der Waals surface area contributed by atoms with Gasteiger partial charge in [-0.05, 0) is 37.1 Å². The van der Waals surface area contributed by atoms with Gasteiger partial charge in [-0.1, -0.05) is 71.8 Å². The molecule has 5 heteroatoms. The van der Waals surface area contributed by atoms with Gasteiger partial charge in [0.1, 0.15) is 11.5 Å². The fourth-order valence-corrected chi connectivity index (χ4v) is 4.20. The van der Waals surface area contributed by atoms with Gasteiger partial charge in [-0.2, -0.15) is 5.10 Å². The molecule has 0 bridgehead atoms. The molecule has 1 aliphatic rings. The molecular formula is C26H22FN3O. The van der Waals surface area contributed by atoms with E-state index in [1.165, 1.54) is 12.1 Å². The summed E-state index contributed by atoms with van der Waals surface area (Å²) < 4.78 is 14.2. The molecule has 1 aromatic heterocycles. The molecule has 1 atom stereocenters. The molecule has 1 unspecified atom stereocenters. The zero-order valence-electron chi connectivity index (χ0n) is 17.4. The third-order valence-electron chi connectivity index (χ3n) is 5.83. The van der Waals surface area contributed by atoms with Crippen molar-refractivity contribution >= 4 is 5.91 Å². The topological polar surface area (TPSA) is 49.0 Å². The zero-order chi connectivity index (χ0) is 21.5. The lowest BCUT2D eigenvalue weighted by Gasteiger charge is -2.26. The number of nitrogens with one attached hydrogen (secondary N) is 1. The molecule has 4 nitrogen and oxygen atoms in total. The van der Waals surface area contributed by atoms with Crippen LogP contribution in [0.1, 0.15) is 44.3 Å². The van der Waals surface area contributed by atoms with E-state index in [0.717, 1.165) is 39.1 Å². The molecule has 1 amide bonds. The highest BCUT2D eigenvalue weighted by Crippen LogP contribution is 2.43. The lowest BCUT2D eigenvalue weighted by atomic mass is 9.95. The van der Waals surface area contributed by atoms with E-state index in [1.54, 1.807) is 11.0 Å². The standard InChI is InChI=1S/C26H22FN3O/c1-16-6-10-18(11-7-16)15-30-25(20-4-3-5-21(27)14-20)22-23(28-29-24(22)26(30)31)19-12-8-17(2)9-13-19/h3-14,25H,15H2,1-2H3,(H,28,29). The van der Waals surface area contributed by atoms with Gasteiger partial charge >= 0.3 is 0 Å². The van der Waals surface area contributed by atoms with Gasteiger partial charge in [0.2, 0.25) is 0 Å². The number of carbonyl (C=O) groups is 1. The van der Waals surface area contributed by atoms with Crippen LogP contribution in [0.15, 0.2) is 72.8 Å². The maximum absolute atomic E-state index is 14.2.